The molecular formula is C13H17NO5. The number of amides is 1. The van der Waals surface area contributed by atoms with Crippen molar-refractivity contribution in [2.75, 3.05) is 27.4 Å². The molecule has 1 aromatic carbocycles. The second kappa shape index (κ2) is 7.25. The molecule has 0 aliphatic rings. The van der Waals surface area contributed by atoms with E-state index in [1.165, 1.54) is 26.4 Å². The summed E-state index contributed by atoms with van der Waals surface area (Å²) in [5, 5.41) is 2.53. The van der Waals surface area contributed by atoms with E-state index in [0.717, 1.165) is 0 Å². The van der Waals surface area contributed by atoms with Gasteiger partial charge in [0.1, 0.15) is 11.5 Å². The van der Waals surface area contributed by atoms with E-state index in [0.29, 0.717) is 18.0 Å². The fourth-order valence-electron chi connectivity index (χ4n) is 1.39. The van der Waals surface area contributed by atoms with Crippen molar-refractivity contribution in [1.29, 1.82) is 0 Å². The second-order valence-electron chi connectivity index (χ2n) is 3.63. The predicted octanol–water partition coefficient (Wildman–Crippen LogP) is 0.997. The molecule has 0 unspecified atom stereocenters. The third-order valence-corrected chi connectivity index (χ3v) is 2.30. The third-order valence-electron chi connectivity index (χ3n) is 2.30. The van der Waals surface area contributed by atoms with Crippen molar-refractivity contribution in [1.82, 2.24) is 5.32 Å². The second-order valence-corrected chi connectivity index (χ2v) is 3.63. The van der Waals surface area contributed by atoms with Crippen LogP contribution in [0.25, 0.3) is 0 Å². The van der Waals surface area contributed by atoms with Crippen LogP contribution in [0.1, 0.15) is 17.3 Å². The Morgan fingerprint density at radius 3 is 2.16 bits per heavy atom. The fourth-order valence-corrected chi connectivity index (χ4v) is 1.39. The Bertz CT molecular complexity index is 436. The molecule has 1 aromatic rings. The van der Waals surface area contributed by atoms with Gasteiger partial charge in [0.05, 0.1) is 19.8 Å². The monoisotopic (exact) mass is 267 g/mol. The van der Waals surface area contributed by atoms with Gasteiger partial charge in [0.25, 0.3) is 5.91 Å². The lowest BCUT2D eigenvalue weighted by Gasteiger charge is -2.08. The van der Waals surface area contributed by atoms with E-state index in [9.17, 15) is 9.59 Å². The maximum Gasteiger partial charge on any atom is 0.338 e. The summed E-state index contributed by atoms with van der Waals surface area (Å²) in [6.45, 7) is 1.96. The summed E-state index contributed by atoms with van der Waals surface area (Å²) in [6.07, 6.45) is 0. The first-order valence-corrected chi connectivity index (χ1v) is 5.77. The minimum absolute atomic E-state index is 0.264. The van der Waals surface area contributed by atoms with Crippen LogP contribution in [0, 0.1) is 0 Å². The molecule has 19 heavy (non-hydrogen) atoms. The molecule has 1 amide bonds. The van der Waals surface area contributed by atoms with Gasteiger partial charge in [-0.15, -0.1) is 0 Å². The van der Waals surface area contributed by atoms with Crippen molar-refractivity contribution in [2.24, 2.45) is 0 Å². The van der Waals surface area contributed by atoms with Crippen molar-refractivity contribution in [3.8, 4) is 11.5 Å². The Kier molecular flexibility index (Phi) is 5.66. The molecule has 6 heteroatoms. The molecule has 6 nitrogen and oxygen atoms in total. The van der Waals surface area contributed by atoms with Gasteiger partial charge in [-0.3, -0.25) is 4.79 Å². The summed E-state index contributed by atoms with van der Waals surface area (Å²) in [5.41, 5.74) is 0.264. The molecule has 0 spiro atoms. The van der Waals surface area contributed by atoms with E-state index in [4.69, 9.17) is 14.2 Å². The maximum absolute atomic E-state index is 11.8. The van der Waals surface area contributed by atoms with Crippen molar-refractivity contribution in [3.05, 3.63) is 23.8 Å². The number of hydrogen-bond donors (Lipinski definition) is 1. The molecular weight excluding hydrogens is 250 g/mol. The minimum Gasteiger partial charge on any atom is -0.497 e. The number of carbonyl (C=O) groups is 2. The summed E-state index contributed by atoms with van der Waals surface area (Å²) >= 11 is 0. The number of esters is 1. The van der Waals surface area contributed by atoms with E-state index in [1.807, 2.05) is 0 Å². The van der Waals surface area contributed by atoms with Crippen molar-refractivity contribution in [3.63, 3.8) is 0 Å². The molecule has 104 valence electrons. The molecule has 0 saturated carbocycles. The Hall–Kier alpha value is -2.24. The SMILES string of the molecule is CCNC(=O)COC(=O)c1cc(OC)cc(OC)c1. The zero-order valence-electron chi connectivity index (χ0n) is 11.2. The van der Waals surface area contributed by atoms with E-state index < -0.39 is 5.97 Å². The van der Waals surface area contributed by atoms with Crippen LogP contribution in [0.2, 0.25) is 0 Å². The summed E-state index contributed by atoms with van der Waals surface area (Å²) in [4.78, 5) is 23.0. The van der Waals surface area contributed by atoms with Gasteiger partial charge < -0.3 is 19.5 Å². The van der Waals surface area contributed by atoms with E-state index >= 15 is 0 Å². The van der Waals surface area contributed by atoms with Crippen LogP contribution in [0.15, 0.2) is 18.2 Å². The van der Waals surface area contributed by atoms with Gasteiger partial charge >= 0.3 is 5.97 Å². The molecule has 0 fully saturated rings. The zero-order chi connectivity index (χ0) is 14.3. The predicted molar refractivity (Wildman–Crippen MR) is 68.5 cm³/mol. The highest BCUT2D eigenvalue weighted by Crippen LogP contribution is 2.22. The lowest BCUT2D eigenvalue weighted by Crippen LogP contribution is -2.28. The van der Waals surface area contributed by atoms with Gasteiger partial charge in [-0.05, 0) is 19.1 Å². The zero-order valence-corrected chi connectivity index (χ0v) is 11.2. The summed E-state index contributed by atoms with van der Waals surface area (Å²) in [5.74, 6) is 0.00258. The van der Waals surface area contributed by atoms with Crippen LogP contribution in [0.5, 0.6) is 11.5 Å². The average molecular weight is 267 g/mol. The molecule has 1 rings (SSSR count). The van der Waals surface area contributed by atoms with E-state index in [1.54, 1.807) is 13.0 Å². The maximum atomic E-state index is 11.8. The number of ether oxygens (including phenoxy) is 3. The van der Waals surface area contributed by atoms with E-state index in [-0.39, 0.29) is 18.1 Å². The molecule has 1 N–H and O–H groups in total. The largest absolute Gasteiger partial charge is 0.497 e. The van der Waals surface area contributed by atoms with Crippen LogP contribution in [-0.2, 0) is 9.53 Å². The lowest BCUT2D eigenvalue weighted by atomic mass is 10.2. The highest BCUT2D eigenvalue weighted by atomic mass is 16.5. The molecule has 0 radical (unpaired) electrons. The topological polar surface area (TPSA) is 73.9 Å². The summed E-state index contributed by atoms with van der Waals surface area (Å²) < 4.78 is 15.0. The molecule has 0 saturated heterocycles. The van der Waals surface area contributed by atoms with Gasteiger partial charge in [-0.2, -0.15) is 0 Å². The quantitative estimate of drug-likeness (QED) is 0.778. The van der Waals surface area contributed by atoms with Crippen molar-refractivity contribution < 1.29 is 23.8 Å². The van der Waals surface area contributed by atoms with Crippen LogP contribution in [0.3, 0.4) is 0 Å². The Morgan fingerprint density at radius 2 is 1.68 bits per heavy atom. The van der Waals surface area contributed by atoms with E-state index in [2.05, 4.69) is 5.32 Å². The first kappa shape index (κ1) is 14.8. The Labute approximate surface area is 111 Å². The van der Waals surface area contributed by atoms with Gasteiger partial charge in [0.15, 0.2) is 6.61 Å². The molecule has 0 aliphatic heterocycles. The standard InChI is InChI=1S/C13H17NO5/c1-4-14-12(15)8-19-13(16)9-5-10(17-2)7-11(6-9)18-3/h5-7H,4,8H2,1-3H3,(H,14,15). The van der Waals surface area contributed by atoms with Gasteiger partial charge in [0.2, 0.25) is 0 Å². The number of likely N-dealkylation sites (N-methyl/N-ethyl adjacent to an activating group) is 1. The highest BCUT2D eigenvalue weighted by molar-refractivity contribution is 5.92. The molecule has 0 heterocycles. The number of rotatable bonds is 6. The van der Waals surface area contributed by atoms with Crippen molar-refractivity contribution >= 4 is 11.9 Å². The molecule has 0 aliphatic carbocycles. The third kappa shape index (κ3) is 4.50. The van der Waals surface area contributed by atoms with Crippen LogP contribution in [0.4, 0.5) is 0 Å². The first-order valence-electron chi connectivity index (χ1n) is 5.77. The highest BCUT2D eigenvalue weighted by Gasteiger charge is 2.12. The minimum atomic E-state index is -0.608. The summed E-state index contributed by atoms with van der Waals surface area (Å²) in [6, 6.07) is 4.67. The number of carbonyl (C=O) groups excluding carboxylic acids is 2. The Balaban J connectivity index is 2.73. The molecule has 0 aromatic heterocycles. The van der Waals surface area contributed by atoms with Gasteiger partial charge in [0, 0.05) is 12.6 Å². The van der Waals surface area contributed by atoms with Crippen LogP contribution in [-0.4, -0.2) is 39.2 Å². The van der Waals surface area contributed by atoms with Crippen LogP contribution >= 0.6 is 0 Å². The fraction of sp³-hybridized carbons (Fsp3) is 0.385. The van der Waals surface area contributed by atoms with Gasteiger partial charge in [-0.25, -0.2) is 4.79 Å². The number of benzene rings is 1. The summed E-state index contributed by atoms with van der Waals surface area (Å²) in [7, 11) is 2.97. The lowest BCUT2D eigenvalue weighted by molar-refractivity contribution is -0.124. The smallest absolute Gasteiger partial charge is 0.338 e. The molecule has 0 bridgehead atoms. The van der Waals surface area contributed by atoms with Crippen molar-refractivity contribution in [2.45, 2.75) is 6.92 Å². The first-order chi connectivity index (χ1) is 9.10. The number of methoxy groups -OCH3 is 2. The normalized spacial score (nSPS) is 9.63. The molecule has 0 atom stereocenters. The number of hydrogen-bond acceptors (Lipinski definition) is 5. The van der Waals surface area contributed by atoms with Gasteiger partial charge in [-0.1, -0.05) is 0 Å². The average Bonchev–Trinajstić information content (AvgIpc) is 2.44. The van der Waals surface area contributed by atoms with Crippen LogP contribution < -0.4 is 14.8 Å². The number of nitrogens with one attached hydrogen (secondary N) is 1. The Morgan fingerprint density at radius 1 is 1.11 bits per heavy atom.